The molecule has 0 fully saturated rings. The second-order valence-corrected chi connectivity index (χ2v) is 1.34. The van der Waals surface area contributed by atoms with E-state index in [0.717, 1.165) is 0 Å². The summed E-state index contributed by atoms with van der Waals surface area (Å²) in [4.78, 5) is 25.6. The van der Waals surface area contributed by atoms with Crippen molar-refractivity contribution in [2.75, 3.05) is 0 Å². The fraction of sp³-hybridized carbons (Fsp3) is 0. The molecule has 2 N–H and O–H groups in total. The van der Waals surface area contributed by atoms with Crippen LogP contribution in [-0.4, -0.2) is 11.0 Å². The summed E-state index contributed by atoms with van der Waals surface area (Å²) in [6.45, 7) is 0. The zero-order valence-electron chi connectivity index (χ0n) is 7.97. The fourth-order valence-corrected chi connectivity index (χ4v) is 0. The van der Waals surface area contributed by atoms with Gasteiger partial charge in [-0.15, -0.1) is 0 Å². The number of hydrogen-bond donors (Lipinski definition) is 0. The molecule has 0 atom stereocenters. The smallest absolute Gasteiger partial charge is 0.870 e. The molecule has 0 aromatic carbocycles. The maximum atomic E-state index is 8.55. The Labute approximate surface area is 181 Å². The van der Waals surface area contributed by atoms with Crippen molar-refractivity contribution in [1.82, 2.24) is 0 Å². The van der Waals surface area contributed by atoms with Crippen molar-refractivity contribution in [3.05, 3.63) is 0 Å². The first-order chi connectivity index (χ1) is 2.00. The van der Waals surface area contributed by atoms with Crippen molar-refractivity contribution in [3.63, 3.8) is 0 Å². The molecule has 0 spiro atoms. The van der Waals surface area contributed by atoms with Crippen LogP contribution < -0.4 is 162 Å². The van der Waals surface area contributed by atoms with Gasteiger partial charge < -0.3 is 30.2 Å². The first-order valence-corrected chi connectivity index (χ1v) is 2.19. The first-order valence-electron chi connectivity index (χ1n) is 0.730. The van der Waals surface area contributed by atoms with Crippen LogP contribution in [0.5, 0.6) is 0 Å². The molecule has 12 heteroatoms. The van der Waals surface area contributed by atoms with Crippen LogP contribution in [0.25, 0.3) is 0 Å². The van der Waals surface area contributed by atoms with Gasteiger partial charge in [0.25, 0.3) is 0 Å². The Morgan fingerprint density at radius 2 is 0.667 bits per heavy atom. The van der Waals surface area contributed by atoms with E-state index in [4.69, 9.17) is 19.2 Å². The summed E-state index contributed by atoms with van der Waals surface area (Å²) < 4.78 is 8.55. The molecular weight excluding hydrogens is 242 g/mol. The average Bonchev–Trinajstić information content (AvgIpc) is 0.722. The van der Waals surface area contributed by atoms with Gasteiger partial charge in [0.2, 0.25) is 0 Å². The number of phosphoric acid groups is 1. The van der Waals surface area contributed by atoms with E-state index in [9.17, 15) is 0 Å². The molecular formula is H2Na5O6P. The van der Waals surface area contributed by atoms with Gasteiger partial charge >= 0.3 is 148 Å². The molecule has 0 aliphatic rings. The van der Waals surface area contributed by atoms with E-state index in [-0.39, 0.29) is 159 Å². The van der Waals surface area contributed by atoms with E-state index in [2.05, 4.69) is 0 Å². The molecule has 0 aromatic rings. The van der Waals surface area contributed by atoms with Crippen LogP contribution in [0.3, 0.4) is 0 Å². The van der Waals surface area contributed by atoms with E-state index < -0.39 is 7.82 Å². The third-order valence-corrected chi connectivity index (χ3v) is 0. The van der Waals surface area contributed by atoms with Crippen LogP contribution in [0.15, 0.2) is 0 Å². The quantitative estimate of drug-likeness (QED) is 0.305. The molecule has 0 saturated heterocycles. The summed E-state index contributed by atoms with van der Waals surface area (Å²) in [7, 11) is -5.39. The van der Waals surface area contributed by atoms with Crippen LogP contribution in [0.4, 0.5) is 0 Å². The Morgan fingerprint density at radius 3 is 0.667 bits per heavy atom. The molecule has 0 aromatic heterocycles. The van der Waals surface area contributed by atoms with Gasteiger partial charge in [0.15, 0.2) is 0 Å². The third-order valence-electron chi connectivity index (χ3n) is 0. The Hall–Kier alpha value is 5.03. The van der Waals surface area contributed by atoms with E-state index in [1.165, 1.54) is 0 Å². The molecule has 12 heavy (non-hydrogen) atoms. The van der Waals surface area contributed by atoms with Crippen LogP contribution in [-0.2, 0) is 4.57 Å². The summed E-state index contributed by atoms with van der Waals surface area (Å²) >= 11 is 0. The van der Waals surface area contributed by atoms with Gasteiger partial charge in [0.05, 0.1) is 0 Å². The molecule has 0 bridgehead atoms. The summed E-state index contributed by atoms with van der Waals surface area (Å²) in [6.07, 6.45) is 0. The molecule has 0 unspecified atom stereocenters. The van der Waals surface area contributed by atoms with Crippen LogP contribution in [0, 0.1) is 0 Å². The molecule has 0 heterocycles. The number of hydrogen-bond acceptors (Lipinski definition) is 6. The largest absolute Gasteiger partial charge is 1.00 e. The molecule has 0 radical (unpaired) electrons. The topological polar surface area (TPSA) is 146 Å². The van der Waals surface area contributed by atoms with Gasteiger partial charge in [-0.2, -0.15) is 7.82 Å². The van der Waals surface area contributed by atoms with Gasteiger partial charge in [-0.1, -0.05) is 0 Å². The Morgan fingerprint density at radius 1 is 0.667 bits per heavy atom. The number of rotatable bonds is 0. The second kappa shape index (κ2) is 29.8. The molecule has 0 rings (SSSR count). The van der Waals surface area contributed by atoms with Gasteiger partial charge in [0, 0.05) is 0 Å². The van der Waals surface area contributed by atoms with Gasteiger partial charge in [-0.3, -0.25) is 0 Å². The molecule has 0 saturated carbocycles. The van der Waals surface area contributed by atoms with Crippen LogP contribution in [0.1, 0.15) is 0 Å². The zero-order chi connectivity index (χ0) is 4.50. The minimum atomic E-state index is -5.39. The molecule has 0 aliphatic carbocycles. The van der Waals surface area contributed by atoms with E-state index >= 15 is 0 Å². The van der Waals surface area contributed by atoms with Gasteiger partial charge in [-0.25, -0.2) is 0 Å². The van der Waals surface area contributed by atoms with E-state index in [0.29, 0.717) is 0 Å². The monoisotopic (exact) mass is 244 g/mol. The molecule has 0 amide bonds. The Bertz CT molecular complexity index is 62.1. The van der Waals surface area contributed by atoms with Crippen molar-refractivity contribution >= 4 is 7.82 Å². The second-order valence-electron chi connectivity index (χ2n) is 0.447. The molecule has 6 nitrogen and oxygen atoms in total. The predicted molar refractivity (Wildman–Crippen MR) is 11.5 cm³/mol. The third kappa shape index (κ3) is 117. The maximum absolute atomic E-state index is 8.55. The fourth-order valence-electron chi connectivity index (χ4n) is 0. The first kappa shape index (κ1) is 53.7. The van der Waals surface area contributed by atoms with Crippen molar-refractivity contribution < 1.29 is 178 Å². The van der Waals surface area contributed by atoms with Crippen molar-refractivity contribution in [2.24, 2.45) is 0 Å². The van der Waals surface area contributed by atoms with Gasteiger partial charge in [-0.05, 0) is 0 Å². The van der Waals surface area contributed by atoms with Crippen molar-refractivity contribution in [1.29, 1.82) is 0 Å². The van der Waals surface area contributed by atoms with Crippen LogP contribution >= 0.6 is 7.82 Å². The predicted octanol–water partition coefficient (Wildman–Crippen LogP) is -18.2. The van der Waals surface area contributed by atoms with E-state index in [1.54, 1.807) is 0 Å². The Balaban J connectivity index is -0.00000000381. The normalized spacial score (nSPS) is 4.92. The van der Waals surface area contributed by atoms with Crippen LogP contribution in [0.2, 0.25) is 0 Å². The SMILES string of the molecule is O=P([O-])([O-])[O-].[Na+].[Na+].[Na+].[Na+].[Na+].[OH-].[OH-]. The van der Waals surface area contributed by atoms with Crippen molar-refractivity contribution in [2.45, 2.75) is 0 Å². The summed E-state index contributed by atoms with van der Waals surface area (Å²) in [6, 6.07) is 0. The zero-order valence-corrected chi connectivity index (χ0v) is 18.9. The summed E-state index contributed by atoms with van der Waals surface area (Å²) in [5.74, 6) is 0. The van der Waals surface area contributed by atoms with E-state index in [1.807, 2.05) is 0 Å². The molecule has 0 aliphatic heterocycles. The summed E-state index contributed by atoms with van der Waals surface area (Å²) in [5, 5.41) is 0. The minimum absolute atomic E-state index is 0. The average molecular weight is 244 g/mol. The maximum Gasteiger partial charge on any atom is 1.00 e. The summed E-state index contributed by atoms with van der Waals surface area (Å²) in [5.41, 5.74) is 0. The molecule has 48 valence electrons. The minimum Gasteiger partial charge on any atom is -0.870 e. The Kier molecular flexibility index (Phi) is 133. The van der Waals surface area contributed by atoms with Crippen molar-refractivity contribution in [3.8, 4) is 0 Å². The van der Waals surface area contributed by atoms with Gasteiger partial charge in [0.1, 0.15) is 0 Å². The standard InChI is InChI=1S/5Na.H3O4P.2H2O/c;;;;;1-5(2,3)4;;/h;;;;;(H3,1,2,3,4);2*1H2/q5*+1;;;/p-5.